The van der Waals surface area contributed by atoms with Crippen LogP contribution in [0.2, 0.25) is 5.02 Å². The van der Waals surface area contributed by atoms with Crippen LogP contribution in [-0.4, -0.2) is 35.7 Å². The number of phenols is 1. The molecule has 0 spiro atoms. The highest BCUT2D eigenvalue weighted by Gasteiger charge is 2.17. The number of hydrogen-bond acceptors (Lipinski definition) is 6. The summed E-state index contributed by atoms with van der Waals surface area (Å²) in [6.45, 7) is 1.88. The first-order valence-electron chi connectivity index (χ1n) is 12.8. The molecule has 4 aromatic rings. The Morgan fingerprint density at radius 2 is 1.71 bits per heavy atom. The van der Waals surface area contributed by atoms with Crippen molar-refractivity contribution in [1.82, 2.24) is 5.32 Å². The third-order valence-electron chi connectivity index (χ3n) is 5.98. The molecule has 0 radical (unpaired) electrons. The number of anilines is 2. The van der Waals surface area contributed by atoms with Crippen LogP contribution in [0.3, 0.4) is 0 Å². The van der Waals surface area contributed by atoms with E-state index in [9.17, 15) is 19.5 Å². The Balaban J connectivity index is 1.49. The van der Waals surface area contributed by atoms with Crippen LogP contribution in [0.4, 0.5) is 11.4 Å². The first-order valence-corrected chi connectivity index (χ1v) is 14.1. The van der Waals surface area contributed by atoms with Gasteiger partial charge in [-0.05, 0) is 73.2 Å². The second-order valence-electron chi connectivity index (χ2n) is 9.08. The first-order chi connectivity index (χ1) is 20.2. The summed E-state index contributed by atoms with van der Waals surface area (Å²) >= 11 is 7.35. The lowest BCUT2D eigenvalue weighted by molar-refractivity contribution is -0.114. The van der Waals surface area contributed by atoms with E-state index in [0.29, 0.717) is 33.3 Å². The van der Waals surface area contributed by atoms with Crippen molar-refractivity contribution < 1.29 is 24.2 Å². The molecule has 214 valence electrons. The number of phenolic OH excluding ortho intramolecular Hbond substituents is 1. The molecule has 4 N–H and O–H groups in total. The molecule has 4 aromatic carbocycles. The highest BCUT2D eigenvalue weighted by Crippen LogP contribution is 2.27. The molecule has 0 unspecified atom stereocenters. The van der Waals surface area contributed by atoms with E-state index in [1.54, 1.807) is 66.7 Å². The number of nitrogens with one attached hydrogen (secondary N) is 3. The summed E-state index contributed by atoms with van der Waals surface area (Å²) in [4.78, 5) is 39.7. The van der Waals surface area contributed by atoms with Crippen molar-refractivity contribution in [3.8, 4) is 11.5 Å². The SMILES string of the molecule is COc1cc(O)ccc1/C=C(/NC(=O)c1ccccc1)C(=O)Nc1cccc(SCC(=O)Nc2cc(Cl)ccc2C)c1. The third kappa shape index (κ3) is 8.39. The molecule has 0 saturated carbocycles. The normalized spacial score (nSPS) is 11.0. The predicted octanol–water partition coefficient (Wildman–Crippen LogP) is 6.50. The van der Waals surface area contributed by atoms with Gasteiger partial charge in [0.2, 0.25) is 5.91 Å². The van der Waals surface area contributed by atoms with Crippen molar-refractivity contribution in [1.29, 1.82) is 0 Å². The van der Waals surface area contributed by atoms with Gasteiger partial charge in [-0.1, -0.05) is 41.9 Å². The maximum absolute atomic E-state index is 13.4. The lowest BCUT2D eigenvalue weighted by atomic mass is 10.1. The number of hydrogen-bond donors (Lipinski definition) is 4. The van der Waals surface area contributed by atoms with E-state index in [1.807, 2.05) is 19.1 Å². The molecule has 0 aliphatic rings. The lowest BCUT2D eigenvalue weighted by Gasteiger charge is -2.13. The Bertz CT molecular complexity index is 1640. The van der Waals surface area contributed by atoms with Crippen molar-refractivity contribution in [2.24, 2.45) is 0 Å². The van der Waals surface area contributed by atoms with Crippen LogP contribution in [-0.2, 0) is 9.59 Å². The fourth-order valence-electron chi connectivity index (χ4n) is 3.84. The van der Waals surface area contributed by atoms with Crippen molar-refractivity contribution >= 4 is 58.5 Å². The average molecular weight is 602 g/mol. The van der Waals surface area contributed by atoms with Crippen molar-refractivity contribution in [3.63, 3.8) is 0 Å². The van der Waals surface area contributed by atoms with E-state index in [1.165, 1.54) is 37.1 Å². The van der Waals surface area contributed by atoms with Crippen LogP contribution in [0, 0.1) is 6.92 Å². The quantitative estimate of drug-likeness (QED) is 0.122. The number of aryl methyl sites for hydroxylation is 1. The molecular formula is C32H28ClN3O5S. The minimum Gasteiger partial charge on any atom is -0.508 e. The predicted molar refractivity (Wildman–Crippen MR) is 167 cm³/mol. The van der Waals surface area contributed by atoms with Gasteiger partial charge in [-0.2, -0.15) is 0 Å². The average Bonchev–Trinajstić information content (AvgIpc) is 2.99. The van der Waals surface area contributed by atoms with Gasteiger partial charge in [-0.15, -0.1) is 11.8 Å². The van der Waals surface area contributed by atoms with E-state index in [0.717, 1.165) is 10.5 Å². The van der Waals surface area contributed by atoms with E-state index in [2.05, 4.69) is 16.0 Å². The number of aromatic hydroxyl groups is 1. The fourth-order valence-corrected chi connectivity index (χ4v) is 4.77. The standard InChI is InChI=1S/C32H28ClN3O5S/c1-20-11-13-23(33)16-27(20)35-30(38)19-42-26-10-6-9-24(17-26)34-32(40)28(36-31(39)21-7-4-3-5-8-21)15-22-12-14-25(37)18-29(22)41-2/h3-18,37H,19H2,1-2H3,(H,34,40)(H,35,38)(H,36,39)/b28-15+. The van der Waals surface area contributed by atoms with E-state index in [4.69, 9.17) is 16.3 Å². The molecule has 42 heavy (non-hydrogen) atoms. The number of benzene rings is 4. The van der Waals surface area contributed by atoms with E-state index < -0.39 is 11.8 Å². The fraction of sp³-hybridized carbons (Fsp3) is 0.0938. The zero-order valence-corrected chi connectivity index (χ0v) is 24.4. The van der Waals surface area contributed by atoms with Crippen LogP contribution in [0.1, 0.15) is 21.5 Å². The number of methoxy groups -OCH3 is 1. The maximum Gasteiger partial charge on any atom is 0.272 e. The molecule has 0 fully saturated rings. The summed E-state index contributed by atoms with van der Waals surface area (Å²) in [5.74, 6) is -0.794. The Labute approximate surface area is 252 Å². The van der Waals surface area contributed by atoms with Gasteiger partial charge in [0.25, 0.3) is 11.8 Å². The minimum atomic E-state index is -0.578. The van der Waals surface area contributed by atoms with Crippen molar-refractivity contribution in [2.75, 3.05) is 23.5 Å². The Kier molecular flexibility index (Phi) is 10.3. The molecule has 8 nitrogen and oxygen atoms in total. The summed E-state index contributed by atoms with van der Waals surface area (Å²) in [6, 6.07) is 25.2. The van der Waals surface area contributed by atoms with Gasteiger partial charge in [0.15, 0.2) is 0 Å². The molecule has 0 aromatic heterocycles. The number of carbonyl (C=O) groups excluding carboxylic acids is 3. The Hall–Kier alpha value is -4.73. The molecule has 0 saturated heterocycles. The third-order valence-corrected chi connectivity index (χ3v) is 7.21. The second kappa shape index (κ2) is 14.2. The van der Waals surface area contributed by atoms with Gasteiger partial charge in [-0.25, -0.2) is 0 Å². The Morgan fingerprint density at radius 1 is 0.929 bits per heavy atom. The molecule has 0 aliphatic carbocycles. The van der Waals surface area contributed by atoms with Crippen LogP contribution in [0.25, 0.3) is 6.08 Å². The summed E-state index contributed by atoms with van der Waals surface area (Å²) in [6.07, 6.45) is 1.47. The monoisotopic (exact) mass is 601 g/mol. The number of carbonyl (C=O) groups is 3. The highest BCUT2D eigenvalue weighted by molar-refractivity contribution is 8.00. The Morgan fingerprint density at radius 3 is 2.48 bits per heavy atom. The molecule has 0 aliphatic heterocycles. The number of ether oxygens (including phenoxy) is 1. The second-order valence-corrected chi connectivity index (χ2v) is 10.6. The molecule has 4 rings (SSSR count). The van der Waals surface area contributed by atoms with Gasteiger partial charge < -0.3 is 25.8 Å². The number of thioether (sulfide) groups is 1. The summed E-state index contributed by atoms with van der Waals surface area (Å²) in [5, 5.41) is 18.7. The largest absolute Gasteiger partial charge is 0.508 e. The van der Waals surface area contributed by atoms with Gasteiger partial charge in [0, 0.05) is 38.5 Å². The van der Waals surface area contributed by atoms with Gasteiger partial charge in [0.05, 0.1) is 12.9 Å². The number of rotatable bonds is 10. The molecule has 0 bridgehead atoms. The summed E-state index contributed by atoms with van der Waals surface area (Å²) < 4.78 is 5.34. The van der Waals surface area contributed by atoms with Crippen LogP contribution in [0.15, 0.2) is 102 Å². The lowest BCUT2D eigenvalue weighted by Crippen LogP contribution is -2.30. The molecular weight excluding hydrogens is 574 g/mol. The van der Waals surface area contributed by atoms with E-state index in [-0.39, 0.29) is 23.1 Å². The van der Waals surface area contributed by atoms with E-state index >= 15 is 0 Å². The van der Waals surface area contributed by atoms with Crippen molar-refractivity contribution in [2.45, 2.75) is 11.8 Å². The van der Waals surface area contributed by atoms with Crippen LogP contribution < -0.4 is 20.7 Å². The topological polar surface area (TPSA) is 117 Å². The first kappa shape index (κ1) is 30.2. The minimum absolute atomic E-state index is 0.00554. The van der Waals surface area contributed by atoms with Gasteiger partial charge >= 0.3 is 0 Å². The number of amides is 3. The molecule has 0 atom stereocenters. The molecule has 3 amide bonds. The van der Waals surface area contributed by atoms with Crippen molar-refractivity contribution in [3.05, 3.63) is 118 Å². The zero-order chi connectivity index (χ0) is 30.1. The maximum atomic E-state index is 13.4. The zero-order valence-electron chi connectivity index (χ0n) is 22.8. The molecule has 10 heteroatoms. The summed E-state index contributed by atoms with van der Waals surface area (Å²) in [5.41, 5.74) is 2.82. The molecule has 0 heterocycles. The highest BCUT2D eigenvalue weighted by atomic mass is 35.5. The number of halogens is 1. The van der Waals surface area contributed by atoms with Crippen LogP contribution in [0.5, 0.6) is 11.5 Å². The smallest absolute Gasteiger partial charge is 0.272 e. The van der Waals surface area contributed by atoms with Gasteiger partial charge in [-0.3, -0.25) is 14.4 Å². The van der Waals surface area contributed by atoms with Gasteiger partial charge in [0.1, 0.15) is 17.2 Å². The summed E-state index contributed by atoms with van der Waals surface area (Å²) in [7, 11) is 1.44. The van der Waals surface area contributed by atoms with Crippen LogP contribution >= 0.6 is 23.4 Å².